The number of carbonyl (C=O) groups is 2. The first-order chi connectivity index (χ1) is 8.95. The third-order valence-electron chi connectivity index (χ3n) is 4.22. The Hall–Kier alpha value is -1.16. The standard InChI is InChI=1S/C15H23NO3/c1-9-5-10(2)15(19)12(6-9)4-3-11-7-13(17)16-14(18)8-11/h4,9-11,15,19H,3,5-8H2,1-2H3,(H,16,17,18)/b12-4+/t9-,10+,15?/m0/s1. The minimum Gasteiger partial charge on any atom is -0.388 e. The molecule has 1 unspecified atom stereocenters. The summed E-state index contributed by atoms with van der Waals surface area (Å²) >= 11 is 0. The summed E-state index contributed by atoms with van der Waals surface area (Å²) in [6, 6.07) is 0. The van der Waals surface area contributed by atoms with Crippen LogP contribution in [-0.4, -0.2) is 23.0 Å². The first-order valence-electron chi connectivity index (χ1n) is 7.15. The molecular weight excluding hydrogens is 242 g/mol. The number of imide groups is 1. The van der Waals surface area contributed by atoms with Crippen LogP contribution in [0.5, 0.6) is 0 Å². The molecule has 0 aromatic heterocycles. The van der Waals surface area contributed by atoms with Gasteiger partial charge in [-0.25, -0.2) is 0 Å². The predicted octanol–water partition coefficient (Wildman–Crippen LogP) is 1.78. The van der Waals surface area contributed by atoms with Gasteiger partial charge in [0.15, 0.2) is 0 Å². The molecule has 4 heteroatoms. The molecule has 0 bridgehead atoms. The fourth-order valence-corrected chi connectivity index (χ4v) is 3.28. The Morgan fingerprint density at radius 2 is 1.84 bits per heavy atom. The molecule has 0 spiro atoms. The maximum Gasteiger partial charge on any atom is 0.226 e. The summed E-state index contributed by atoms with van der Waals surface area (Å²) in [5.74, 6) is 0.636. The second-order valence-electron chi connectivity index (χ2n) is 6.23. The fraction of sp³-hybridized carbons (Fsp3) is 0.733. The lowest BCUT2D eigenvalue weighted by Gasteiger charge is -2.32. The predicted molar refractivity (Wildman–Crippen MR) is 72.1 cm³/mol. The third kappa shape index (κ3) is 3.66. The highest BCUT2D eigenvalue weighted by molar-refractivity contribution is 5.97. The van der Waals surface area contributed by atoms with Crippen molar-refractivity contribution in [2.24, 2.45) is 17.8 Å². The van der Waals surface area contributed by atoms with Crippen LogP contribution in [0, 0.1) is 17.8 Å². The zero-order valence-corrected chi connectivity index (χ0v) is 11.7. The molecule has 1 saturated heterocycles. The van der Waals surface area contributed by atoms with Crippen LogP contribution < -0.4 is 5.32 Å². The van der Waals surface area contributed by atoms with Crippen LogP contribution in [0.2, 0.25) is 0 Å². The van der Waals surface area contributed by atoms with Gasteiger partial charge in [-0.15, -0.1) is 0 Å². The smallest absolute Gasteiger partial charge is 0.226 e. The molecule has 0 aromatic rings. The van der Waals surface area contributed by atoms with Gasteiger partial charge in [0.05, 0.1) is 6.10 Å². The maximum absolute atomic E-state index is 11.3. The van der Waals surface area contributed by atoms with Crippen molar-refractivity contribution < 1.29 is 14.7 Å². The molecule has 1 aliphatic heterocycles. The number of piperidine rings is 1. The number of hydrogen-bond acceptors (Lipinski definition) is 3. The zero-order chi connectivity index (χ0) is 14.0. The Kier molecular flexibility index (Phi) is 4.40. The number of rotatable bonds is 2. The first-order valence-corrected chi connectivity index (χ1v) is 7.15. The van der Waals surface area contributed by atoms with Crippen LogP contribution in [-0.2, 0) is 9.59 Å². The highest BCUT2D eigenvalue weighted by Gasteiger charge is 2.29. The van der Waals surface area contributed by atoms with E-state index in [2.05, 4.69) is 25.2 Å². The molecule has 106 valence electrons. The van der Waals surface area contributed by atoms with Gasteiger partial charge in [-0.1, -0.05) is 19.9 Å². The van der Waals surface area contributed by atoms with Gasteiger partial charge in [0, 0.05) is 12.8 Å². The Morgan fingerprint density at radius 3 is 2.47 bits per heavy atom. The average Bonchev–Trinajstić information content (AvgIpc) is 2.30. The van der Waals surface area contributed by atoms with Crippen LogP contribution in [0.4, 0.5) is 0 Å². The van der Waals surface area contributed by atoms with E-state index in [1.165, 1.54) is 0 Å². The topological polar surface area (TPSA) is 66.4 Å². The summed E-state index contributed by atoms with van der Waals surface area (Å²) < 4.78 is 0. The molecular formula is C15H23NO3. The molecule has 4 nitrogen and oxygen atoms in total. The van der Waals surface area contributed by atoms with Crippen molar-refractivity contribution in [1.29, 1.82) is 0 Å². The number of aliphatic hydroxyl groups is 1. The first kappa shape index (κ1) is 14.3. The number of amides is 2. The molecule has 1 saturated carbocycles. The Balaban J connectivity index is 1.97. The summed E-state index contributed by atoms with van der Waals surface area (Å²) in [6.07, 6.45) is 5.23. The van der Waals surface area contributed by atoms with Crippen LogP contribution in [0.1, 0.15) is 46.0 Å². The van der Waals surface area contributed by atoms with E-state index in [9.17, 15) is 14.7 Å². The molecule has 1 heterocycles. The summed E-state index contributed by atoms with van der Waals surface area (Å²) in [5.41, 5.74) is 1.09. The summed E-state index contributed by atoms with van der Waals surface area (Å²) in [5, 5.41) is 12.5. The SMILES string of the molecule is C[C@@H]1C/C(=C\CC2CC(=O)NC(=O)C2)C(O)[C@H](C)C1. The quantitative estimate of drug-likeness (QED) is 0.591. The monoisotopic (exact) mass is 265 g/mol. The normalized spacial score (nSPS) is 35.5. The van der Waals surface area contributed by atoms with E-state index in [0.29, 0.717) is 31.1 Å². The lowest BCUT2D eigenvalue weighted by molar-refractivity contribution is -0.134. The fourth-order valence-electron chi connectivity index (χ4n) is 3.28. The molecule has 2 rings (SSSR count). The van der Waals surface area contributed by atoms with Crippen molar-refractivity contribution in [1.82, 2.24) is 5.32 Å². The Bertz CT molecular complexity index is 386. The van der Waals surface area contributed by atoms with Crippen LogP contribution in [0.15, 0.2) is 11.6 Å². The minimum atomic E-state index is -0.357. The zero-order valence-electron chi connectivity index (χ0n) is 11.7. The highest BCUT2D eigenvalue weighted by Crippen LogP contribution is 2.33. The Labute approximate surface area is 114 Å². The van der Waals surface area contributed by atoms with Gasteiger partial charge in [0.2, 0.25) is 11.8 Å². The van der Waals surface area contributed by atoms with E-state index in [1.807, 2.05) is 0 Å². The molecule has 0 radical (unpaired) electrons. The van der Waals surface area contributed by atoms with Gasteiger partial charge in [0.25, 0.3) is 0 Å². The van der Waals surface area contributed by atoms with E-state index in [1.54, 1.807) is 0 Å². The van der Waals surface area contributed by atoms with Crippen LogP contribution >= 0.6 is 0 Å². The molecule has 0 aromatic carbocycles. The molecule has 2 N–H and O–H groups in total. The van der Waals surface area contributed by atoms with Crippen molar-refractivity contribution in [3.8, 4) is 0 Å². The lowest BCUT2D eigenvalue weighted by Crippen LogP contribution is -2.38. The largest absolute Gasteiger partial charge is 0.388 e. The minimum absolute atomic E-state index is 0.0912. The summed E-state index contributed by atoms with van der Waals surface area (Å²) in [6.45, 7) is 4.28. The van der Waals surface area contributed by atoms with E-state index in [-0.39, 0.29) is 23.8 Å². The average molecular weight is 265 g/mol. The molecule has 2 aliphatic rings. The second-order valence-corrected chi connectivity index (χ2v) is 6.23. The van der Waals surface area contributed by atoms with Gasteiger partial charge in [-0.2, -0.15) is 0 Å². The third-order valence-corrected chi connectivity index (χ3v) is 4.22. The van der Waals surface area contributed by atoms with Gasteiger partial charge < -0.3 is 5.11 Å². The van der Waals surface area contributed by atoms with Gasteiger partial charge in [-0.3, -0.25) is 14.9 Å². The molecule has 1 aliphatic carbocycles. The number of carbonyl (C=O) groups excluding carboxylic acids is 2. The molecule has 19 heavy (non-hydrogen) atoms. The second kappa shape index (κ2) is 5.87. The van der Waals surface area contributed by atoms with E-state index < -0.39 is 0 Å². The number of allylic oxidation sites excluding steroid dienone is 1. The van der Waals surface area contributed by atoms with E-state index in [0.717, 1.165) is 18.4 Å². The van der Waals surface area contributed by atoms with Crippen molar-refractivity contribution >= 4 is 11.8 Å². The van der Waals surface area contributed by atoms with Crippen molar-refractivity contribution in [2.45, 2.75) is 52.1 Å². The van der Waals surface area contributed by atoms with Gasteiger partial charge >= 0.3 is 0 Å². The van der Waals surface area contributed by atoms with Crippen LogP contribution in [0.25, 0.3) is 0 Å². The summed E-state index contributed by atoms with van der Waals surface area (Å²) in [7, 11) is 0. The van der Waals surface area contributed by atoms with Crippen molar-refractivity contribution in [3.63, 3.8) is 0 Å². The number of aliphatic hydroxyl groups excluding tert-OH is 1. The van der Waals surface area contributed by atoms with E-state index in [4.69, 9.17) is 0 Å². The van der Waals surface area contributed by atoms with Crippen molar-refractivity contribution in [3.05, 3.63) is 11.6 Å². The molecule has 3 atom stereocenters. The lowest BCUT2D eigenvalue weighted by atomic mass is 9.77. The van der Waals surface area contributed by atoms with Gasteiger partial charge in [0.1, 0.15) is 0 Å². The maximum atomic E-state index is 11.3. The highest BCUT2D eigenvalue weighted by atomic mass is 16.3. The van der Waals surface area contributed by atoms with Crippen molar-refractivity contribution in [2.75, 3.05) is 0 Å². The number of nitrogens with one attached hydrogen (secondary N) is 1. The molecule has 2 amide bonds. The van der Waals surface area contributed by atoms with E-state index >= 15 is 0 Å². The van der Waals surface area contributed by atoms with Gasteiger partial charge in [-0.05, 0) is 42.6 Å². The number of hydrogen-bond donors (Lipinski definition) is 2. The molecule has 2 fully saturated rings. The Morgan fingerprint density at radius 1 is 1.21 bits per heavy atom. The van der Waals surface area contributed by atoms with Crippen LogP contribution in [0.3, 0.4) is 0 Å². The summed E-state index contributed by atoms with van der Waals surface area (Å²) in [4.78, 5) is 22.6.